The molecule has 1 N–H and O–H groups in total. The molecule has 1 aliphatic rings. The molecule has 2 heterocycles. The van der Waals surface area contributed by atoms with E-state index in [1.807, 2.05) is 64.1 Å². The summed E-state index contributed by atoms with van der Waals surface area (Å²) >= 11 is 6.39. The molecule has 41 heavy (non-hydrogen) atoms. The molecule has 1 amide bonds. The van der Waals surface area contributed by atoms with Crippen molar-refractivity contribution in [2.24, 2.45) is 0 Å². The van der Waals surface area contributed by atoms with Crippen molar-refractivity contribution >= 4 is 39.9 Å². The Morgan fingerprint density at radius 2 is 1.76 bits per heavy atom. The molecule has 0 atom stereocenters. The predicted octanol–water partition coefficient (Wildman–Crippen LogP) is 5.82. The number of fused-ring (bicyclic) bond motifs is 1. The fraction of sp³-hybridized carbons (Fsp3) is 0.344. The lowest BCUT2D eigenvalue weighted by Gasteiger charge is -2.26. The molecule has 0 unspecified atom stereocenters. The van der Waals surface area contributed by atoms with Crippen LogP contribution in [0.15, 0.2) is 60.7 Å². The zero-order valence-corrected chi connectivity index (χ0v) is 24.6. The van der Waals surface area contributed by atoms with Gasteiger partial charge in [-0.05, 0) is 42.1 Å². The first-order valence-electron chi connectivity index (χ1n) is 13.8. The maximum atomic E-state index is 13.5. The van der Waals surface area contributed by atoms with Crippen LogP contribution in [-0.4, -0.2) is 65.8 Å². The number of aromatic nitrogens is 2. The highest BCUT2D eigenvalue weighted by Gasteiger charge is 2.25. The first-order valence-corrected chi connectivity index (χ1v) is 14.2. The van der Waals surface area contributed by atoms with Gasteiger partial charge < -0.3 is 14.8 Å². The molecule has 1 aromatic heterocycles. The van der Waals surface area contributed by atoms with Crippen LogP contribution in [0, 0.1) is 6.92 Å². The van der Waals surface area contributed by atoms with Crippen molar-refractivity contribution in [1.82, 2.24) is 14.7 Å². The van der Waals surface area contributed by atoms with Gasteiger partial charge in [-0.25, -0.2) is 4.68 Å². The van der Waals surface area contributed by atoms with Gasteiger partial charge in [0.05, 0.1) is 24.6 Å². The number of amides is 1. The number of nitrogens with one attached hydrogen (secondary N) is 1. The monoisotopic (exact) mass is 574 g/mol. The molecule has 5 rings (SSSR count). The van der Waals surface area contributed by atoms with E-state index in [0.717, 1.165) is 49.5 Å². The van der Waals surface area contributed by atoms with E-state index in [2.05, 4.69) is 10.2 Å². The van der Waals surface area contributed by atoms with Gasteiger partial charge in [-0.1, -0.05) is 62.7 Å². The zero-order valence-electron chi connectivity index (χ0n) is 23.9. The Bertz CT molecular complexity index is 1580. The molecule has 0 saturated carbocycles. The Morgan fingerprint density at radius 1 is 1.02 bits per heavy atom. The van der Waals surface area contributed by atoms with E-state index in [1.165, 1.54) is 0 Å². The molecule has 1 aliphatic heterocycles. The summed E-state index contributed by atoms with van der Waals surface area (Å²) in [6.07, 6.45) is 0. The number of hydrogen-bond acceptors (Lipinski definition) is 6. The van der Waals surface area contributed by atoms with Crippen LogP contribution in [0.1, 0.15) is 42.4 Å². The fourth-order valence-corrected chi connectivity index (χ4v) is 4.92. The number of Topliss-reactive ketones (excluding diaryl/α,β-unsaturated/α-hetero) is 1. The summed E-state index contributed by atoms with van der Waals surface area (Å²) in [4.78, 5) is 29.2. The fourth-order valence-electron chi connectivity index (χ4n) is 4.75. The van der Waals surface area contributed by atoms with E-state index >= 15 is 0 Å². The van der Waals surface area contributed by atoms with Crippen molar-refractivity contribution in [3.8, 4) is 11.4 Å². The minimum Gasteiger partial charge on any atom is -0.492 e. The molecular formula is C32H35ClN4O4. The minimum atomic E-state index is -0.754. The maximum absolute atomic E-state index is 13.5. The van der Waals surface area contributed by atoms with Crippen LogP contribution < -0.4 is 10.1 Å². The van der Waals surface area contributed by atoms with E-state index in [4.69, 9.17) is 26.2 Å². The van der Waals surface area contributed by atoms with Crippen molar-refractivity contribution < 1.29 is 19.1 Å². The molecule has 0 aliphatic carbocycles. The van der Waals surface area contributed by atoms with E-state index in [-0.39, 0.29) is 5.41 Å². The molecular weight excluding hydrogens is 540 g/mol. The Labute approximate surface area is 245 Å². The van der Waals surface area contributed by atoms with Crippen LogP contribution in [0.3, 0.4) is 0 Å². The number of morpholine rings is 1. The average Bonchev–Trinajstić information content (AvgIpc) is 3.39. The summed E-state index contributed by atoms with van der Waals surface area (Å²) in [6.45, 7) is 12.6. The number of halogens is 1. The molecule has 3 aromatic carbocycles. The second-order valence-corrected chi connectivity index (χ2v) is 11.7. The van der Waals surface area contributed by atoms with Crippen LogP contribution in [-0.2, 0) is 14.9 Å². The first-order chi connectivity index (χ1) is 19.6. The number of carbonyl (C=O) groups is 2. The van der Waals surface area contributed by atoms with E-state index in [9.17, 15) is 9.59 Å². The summed E-state index contributed by atoms with van der Waals surface area (Å²) in [7, 11) is 0. The number of ketones is 1. The highest BCUT2D eigenvalue weighted by atomic mass is 35.5. The average molecular weight is 575 g/mol. The standard InChI is InChI=1S/C32H35ClN4O4/c1-21-9-10-22(19-26(21)33)37-29(20-28(35-37)32(2,3)4)34-31(39)30(38)25-11-12-27(24-8-6-5-7-23(24)25)41-18-15-36-13-16-40-17-14-36/h5-12,19-20H,13-18H2,1-4H3,(H,34,39). The largest absolute Gasteiger partial charge is 0.492 e. The maximum Gasteiger partial charge on any atom is 0.297 e. The van der Waals surface area contributed by atoms with Crippen molar-refractivity contribution in [1.29, 1.82) is 0 Å². The lowest BCUT2D eigenvalue weighted by molar-refractivity contribution is -0.112. The second kappa shape index (κ2) is 12.0. The molecule has 214 valence electrons. The van der Waals surface area contributed by atoms with Crippen LogP contribution >= 0.6 is 11.6 Å². The first kappa shape index (κ1) is 28.8. The Hall–Kier alpha value is -3.72. The van der Waals surface area contributed by atoms with Gasteiger partial charge in [0, 0.05) is 47.1 Å². The Kier molecular flexibility index (Phi) is 8.45. The van der Waals surface area contributed by atoms with E-state index in [1.54, 1.807) is 28.9 Å². The van der Waals surface area contributed by atoms with Crippen molar-refractivity contribution in [2.75, 3.05) is 44.8 Å². The number of benzene rings is 3. The normalized spacial score (nSPS) is 14.3. The van der Waals surface area contributed by atoms with Gasteiger partial charge >= 0.3 is 0 Å². The molecule has 9 heteroatoms. The van der Waals surface area contributed by atoms with Gasteiger partial charge in [-0.15, -0.1) is 0 Å². The summed E-state index contributed by atoms with van der Waals surface area (Å²) < 4.78 is 13.1. The topological polar surface area (TPSA) is 85.7 Å². The number of hydrogen-bond donors (Lipinski definition) is 1. The number of carbonyl (C=O) groups excluding carboxylic acids is 2. The third-order valence-electron chi connectivity index (χ3n) is 7.22. The highest BCUT2D eigenvalue weighted by Crippen LogP contribution is 2.31. The van der Waals surface area contributed by atoms with Crippen molar-refractivity contribution in [3.05, 3.63) is 82.5 Å². The summed E-state index contributed by atoms with van der Waals surface area (Å²) in [5, 5.41) is 9.57. The molecule has 4 aromatic rings. The van der Waals surface area contributed by atoms with E-state index in [0.29, 0.717) is 39.8 Å². The number of anilines is 1. The van der Waals surface area contributed by atoms with Gasteiger partial charge in [-0.2, -0.15) is 5.10 Å². The van der Waals surface area contributed by atoms with Crippen LogP contribution in [0.5, 0.6) is 5.75 Å². The molecule has 1 saturated heterocycles. The molecule has 1 fully saturated rings. The summed E-state index contributed by atoms with van der Waals surface area (Å²) in [6, 6.07) is 18.3. The summed E-state index contributed by atoms with van der Waals surface area (Å²) in [5.41, 5.74) is 2.40. The van der Waals surface area contributed by atoms with E-state index < -0.39 is 11.7 Å². The number of nitrogens with zero attached hydrogens (tertiary/aromatic N) is 3. The van der Waals surface area contributed by atoms with Gasteiger partial charge in [0.25, 0.3) is 11.7 Å². The third-order valence-corrected chi connectivity index (χ3v) is 7.63. The number of ether oxygens (including phenoxy) is 2. The van der Waals surface area contributed by atoms with Crippen LogP contribution in [0.25, 0.3) is 16.5 Å². The lowest BCUT2D eigenvalue weighted by atomic mass is 9.92. The van der Waals surface area contributed by atoms with Gasteiger partial charge in [0.2, 0.25) is 0 Å². The quantitative estimate of drug-likeness (QED) is 0.211. The molecule has 0 bridgehead atoms. The molecule has 0 spiro atoms. The van der Waals surface area contributed by atoms with Crippen LogP contribution in [0.4, 0.5) is 5.82 Å². The number of rotatable bonds is 8. The third kappa shape index (κ3) is 6.45. The summed E-state index contributed by atoms with van der Waals surface area (Å²) in [5.74, 6) is -0.334. The van der Waals surface area contributed by atoms with Gasteiger partial charge in [-0.3, -0.25) is 14.5 Å². The Balaban J connectivity index is 1.39. The van der Waals surface area contributed by atoms with Crippen molar-refractivity contribution in [2.45, 2.75) is 33.1 Å². The van der Waals surface area contributed by atoms with Gasteiger partial charge in [0.1, 0.15) is 18.2 Å². The molecule has 8 nitrogen and oxygen atoms in total. The second-order valence-electron chi connectivity index (χ2n) is 11.3. The van der Waals surface area contributed by atoms with Crippen molar-refractivity contribution in [3.63, 3.8) is 0 Å². The highest BCUT2D eigenvalue weighted by molar-refractivity contribution is 6.48. The van der Waals surface area contributed by atoms with Crippen LogP contribution in [0.2, 0.25) is 5.02 Å². The number of aryl methyl sites for hydroxylation is 1. The Morgan fingerprint density at radius 3 is 2.46 bits per heavy atom. The zero-order chi connectivity index (χ0) is 29.1. The van der Waals surface area contributed by atoms with Gasteiger partial charge in [0.15, 0.2) is 0 Å². The predicted molar refractivity (Wildman–Crippen MR) is 162 cm³/mol. The minimum absolute atomic E-state index is 0.281. The smallest absolute Gasteiger partial charge is 0.297 e. The SMILES string of the molecule is Cc1ccc(-n2nc(C(C)(C)C)cc2NC(=O)C(=O)c2ccc(OCCN3CCOCC3)c3ccccc23)cc1Cl. The molecule has 0 radical (unpaired) electrons. The lowest BCUT2D eigenvalue weighted by Crippen LogP contribution is -2.38.